The van der Waals surface area contributed by atoms with Gasteiger partial charge in [0.15, 0.2) is 17.4 Å². The van der Waals surface area contributed by atoms with Gasteiger partial charge >= 0.3 is 0 Å². The highest BCUT2D eigenvalue weighted by molar-refractivity contribution is 6.05. The molecule has 1 saturated heterocycles. The maximum Gasteiger partial charge on any atom is 0.245 e. The summed E-state index contributed by atoms with van der Waals surface area (Å²) in [6.07, 6.45) is 6.29. The maximum absolute atomic E-state index is 13.3. The molecule has 3 aromatic rings. The van der Waals surface area contributed by atoms with E-state index in [9.17, 15) is 14.4 Å². The summed E-state index contributed by atoms with van der Waals surface area (Å²) < 4.78 is 7.37. The molecule has 0 unspecified atom stereocenters. The summed E-state index contributed by atoms with van der Waals surface area (Å²) in [4.78, 5) is 48.3. The van der Waals surface area contributed by atoms with Gasteiger partial charge in [-0.1, -0.05) is 6.92 Å². The van der Waals surface area contributed by atoms with Crippen LogP contribution in [0.4, 0.5) is 0 Å². The van der Waals surface area contributed by atoms with Gasteiger partial charge in [0.25, 0.3) is 0 Å². The van der Waals surface area contributed by atoms with Gasteiger partial charge in [-0.15, -0.1) is 0 Å². The van der Waals surface area contributed by atoms with Crippen molar-refractivity contribution in [3.05, 3.63) is 48.2 Å². The van der Waals surface area contributed by atoms with E-state index in [0.717, 1.165) is 19.3 Å². The van der Waals surface area contributed by atoms with Crippen molar-refractivity contribution in [2.45, 2.75) is 64.8 Å². The Morgan fingerprint density at radius 3 is 2.68 bits per heavy atom. The fraction of sp³-hybridized carbons (Fsp3) is 0.440. The first-order chi connectivity index (χ1) is 16.5. The third kappa shape index (κ3) is 4.18. The van der Waals surface area contributed by atoms with E-state index in [1.807, 2.05) is 6.92 Å². The summed E-state index contributed by atoms with van der Waals surface area (Å²) in [5, 5.41) is 5.08. The molecular formula is C25H27N5O4. The average molecular weight is 462 g/mol. The minimum atomic E-state index is -0.328. The highest BCUT2D eigenvalue weighted by atomic mass is 16.5. The molecule has 9 heteroatoms. The predicted molar refractivity (Wildman–Crippen MR) is 123 cm³/mol. The fourth-order valence-corrected chi connectivity index (χ4v) is 4.91. The zero-order valence-electron chi connectivity index (χ0n) is 19.3. The van der Waals surface area contributed by atoms with Crippen molar-refractivity contribution < 1.29 is 19.1 Å². The van der Waals surface area contributed by atoms with Crippen LogP contribution in [0.5, 0.6) is 5.75 Å². The van der Waals surface area contributed by atoms with Crippen LogP contribution < -0.4 is 4.74 Å². The number of ether oxygens (including phenoxy) is 1. The van der Waals surface area contributed by atoms with E-state index in [2.05, 4.69) is 15.1 Å². The van der Waals surface area contributed by atoms with E-state index in [-0.39, 0.29) is 48.4 Å². The molecule has 1 aliphatic carbocycles. The lowest BCUT2D eigenvalue weighted by Crippen LogP contribution is -2.44. The number of carbonyl (C=O) groups is 3. The molecule has 1 aromatic carbocycles. The van der Waals surface area contributed by atoms with Crippen molar-refractivity contribution in [1.82, 2.24) is 24.6 Å². The van der Waals surface area contributed by atoms with Crippen molar-refractivity contribution >= 4 is 28.4 Å². The Morgan fingerprint density at radius 2 is 1.94 bits per heavy atom. The zero-order valence-corrected chi connectivity index (χ0v) is 19.3. The topological polar surface area (TPSA) is 107 Å². The highest BCUT2D eigenvalue weighted by Gasteiger charge is 2.55. The largest absolute Gasteiger partial charge is 0.486 e. The number of piperidine rings is 1. The predicted octanol–water partition coefficient (Wildman–Crippen LogP) is 2.97. The van der Waals surface area contributed by atoms with Gasteiger partial charge in [0.2, 0.25) is 5.91 Å². The van der Waals surface area contributed by atoms with Crippen molar-refractivity contribution in [3.8, 4) is 5.75 Å². The second kappa shape index (κ2) is 8.96. The molecule has 5 rings (SSSR count). The lowest BCUT2D eigenvalue weighted by atomic mass is 10.0. The van der Waals surface area contributed by atoms with Crippen molar-refractivity contribution in [2.75, 3.05) is 0 Å². The standard InChI is InChI=1S/C25H27N5O4/c1-3-5-22(32)21-11-16-10-20(16)30(21)24(33)13-29-19-7-6-17(12-18(19)25(28-29)15(2)31)34-14-23-26-8-4-9-27-23/h4,6-9,12,16,20-21H,3,5,10-11,13-14H2,1-2H3/t16-,20-,21+/m1/s1. The third-order valence-corrected chi connectivity index (χ3v) is 6.59. The van der Waals surface area contributed by atoms with E-state index in [4.69, 9.17) is 4.74 Å². The van der Waals surface area contributed by atoms with E-state index in [1.165, 1.54) is 6.92 Å². The molecule has 9 nitrogen and oxygen atoms in total. The Labute approximate surface area is 197 Å². The molecular weight excluding hydrogens is 434 g/mol. The Bertz CT molecular complexity index is 1250. The summed E-state index contributed by atoms with van der Waals surface area (Å²) in [5.74, 6) is 1.36. The molecule has 1 aliphatic heterocycles. The number of rotatable bonds is 9. The van der Waals surface area contributed by atoms with Crippen LogP contribution >= 0.6 is 0 Å². The van der Waals surface area contributed by atoms with Gasteiger partial charge in [-0.05, 0) is 49.4 Å². The van der Waals surface area contributed by atoms with Crippen LogP contribution in [-0.4, -0.2) is 54.2 Å². The number of fused-ring (bicyclic) bond motifs is 2. The van der Waals surface area contributed by atoms with Crippen molar-refractivity contribution in [3.63, 3.8) is 0 Å². The zero-order chi connectivity index (χ0) is 23.8. The second-order valence-corrected chi connectivity index (χ2v) is 9.03. The van der Waals surface area contributed by atoms with Gasteiger partial charge in [-0.25, -0.2) is 9.97 Å². The smallest absolute Gasteiger partial charge is 0.245 e. The molecule has 34 heavy (non-hydrogen) atoms. The minimum absolute atomic E-state index is 0.0129. The van der Waals surface area contributed by atoms with Crippen LogP contribution in [0.1, 0.15) is 55.8 Å². The Kier molecular flexibility index (Phi) is 5.85. The Hall–Kier alpha value is -3.62. The van der Waals surface area contributed by atoms with Crippen LogP contribution in [0.15, 0.2) is 36.7 Å². The number of hydrogen-bond donors (Lipinski definition) is 0. The first-order valence-corrected chi connectivity index (χ1v) is 11.7. The quantitative estimate of drug-likeness (QED) is 0.451. The third-order valence-electron chi connectivity index (χ3n) is 6.59. The summed E-state index contributed by atoms with van der Waals surface area (Å²) in [7, 11) is 0. The van der Waals surface area contributed by atoms with Gasteiger partial charge in [0.05, 0.1) is 11.6 Å². The average Bonchev–Trinajstić information content (AvgIpc) is 3.34. The highest BCUT2D eigenvalue weighted by Crippen LogP contribution is 2.48. The van der Waals surface area contributed by atoms with Gasteiger partial charge in [-0.3, -0.25) is 19.1 Å². The van der Waals surface area contributed by atoms with Crippen molar-refractivity contribution in [1.29, 1.82) is 0 Å². The monoisotopic (exact) mass is 461 g/mol. The fourth-order valence-electron chi connectivity index (χ4n) is 4.91. The molecule has 0 spiro atoms. The molecule has 0 bridgehead atoms. The number of aromatic nitrogens is 4. The number of carbonyl (C=O) groups excluding carboxylic acids is 3. The number of ketones is 2. The maximum atomic E-state index is 13.3. The molecule has 2 aliphatic rings. The molecule has 2 fully saturated rings. The first-order valence-electron chi connectivity index (χ1n) is 11.7. The number of nitrogens with zero attached hydrogens (tertiary/aromatic N) is 5. The van der Waals surface area contributed by atoms with Crippen LogP contribution in [0.25, 0.3) is 10.9 Å². The minimum Gasteiger partial charge on any atom is -0.486 e. The molecule has 0 N–H and O–H groups in total. The molecule has 2 aromatic heterocycles. The molecule has 0 radical (unpaired) electrons. The van der Waals surface area contributed by atoms with Gasteiger partial charge < -0.3 is 9.64 Å². The molecule has 3 atom stereocenters. The summed E-state index contributed by atoms with van der Waals surface area (Å²) in [6.45, 7) is 3.61. The van der Waals surface area contributed by atoms with Gasteiger partial charge in [0, 0.05) is 37.2 Å². The molecule has 3 heterocycles. The summed E-state index contributed by atoms with van der Waals surface area (Å²) in [6, 6.07) is 6.89. The summed E-state index contributed by atoms with van der Waals surface area (Å²) in [5.41, 5.74) is 0.957. The van der Waals surface area contributed by atoms with E-state index < -0.39 is 0 Å². The Morgan fingerprint density at radius 1 is 1.15 bits per heavy atom. The van der Waals surface area contributed by atoms with Gasteiger partial charge in [-0.2, -0.15) is 5.10 Å². The molecule has 1 amide bonds. The number of benzene rings is 1. The van der Waals surface area contributed by atoms with E-state index in [0.29, 0.717) is 34.8 Å². The molecule has 1 saturated carbocycles. The van der Waals surface area contributed by atoms with E-state index >= 15 is 0 Å². The van der Waals surface area contributed by atoms with Crippen LogP contribution in [0.3, 0.4) is 0 Å². The first kappa shape index (κ1) is 22.2. The van der Waals surface area contributed by atoms with E-state index in [1.54, 1.807) is 46.2 Å². The van der Waals surface area contributed by atoms with Crippen LogP contribution in [-0.2, 0) is 22.7 Å². The number of hydrogen-bond acceptors (Lipinski definition) is 7. The number of amides is 1. The number of Topliss-reactive ketones (excluding diaryl/α,β-unsaturated/α-hetero) is 2. The number of likely N-dealkylation sites (tertiary alicyclic amines) is 1. The van der Waals surface area contributed by atoms with Crippen molar-refractivity contribution in [2.24, 2.45) is 5.92 Å². The van der Waals surface area contributed by atoms with Gasteiger partial charge in [0.1, 0.15) is 24.6 Å². The lowest BCUT2D eigenvalue weighted by molar-refractivity contribution is -0.139. The van der Waals surface area contributed by atoms with Crippen LogP contribution in [0, 0.1) is 5.92 Å². The Balaban J connectivity index is 1.38. The second-order valence-electron chi connectivity index (χ2n) is 9.03. The van der Waals surface area contributed by atoms with Crippen LogP contribution in [0.2, 0.25) is 0 Å². The SMILES string of the molecule is CCCC(=O)[C@@H]1C[C@H]2C[C@H]2N1C(=O)Cn1nc(C(C)=O)c2cc(OCc3ncccn3)ccc21. The normalized spacial score (nSPS) is 20.9. The molecule has 176 valence electrons. The lowest BCUT2D eigenvalue weighted by Gasteiger charge is -2.26. The summed E-state index contributed by atoms with van der Waals surface area (Å²) >= 11 is 0.